The fourth-order valence-corrected chi connectivity index (χ4v) is 3.20. The van der Waals surface area contributed by atoms with Crippen molar-refractivity contribution >= 4 is 23.7 Å². The Balaban J connectivity index is 1.63. The molecule has 0 atom stereocenters. The van der Waals surface area contributed by atoms with Gasteiger partial charge in [-0.25, -0.2) is 5.43 Å². The summed E-state index contributed by atoms with van der Waals surface area (Å²) in [4.78, 5) is 12.0. The zero-order valence-corrected chi connectivity index (χ0v) is 17.2. The van der Waals surface area contributed by atoms with Crippen LogP contribution in [-0.4, -0.2) is 30.4 Å². The monoisotopic (exact) mass is 411 g/mol. The summed E-state index contributed by atoms with van der Waals surface area (Å²) in [6, 6.07) is 16.8. The zero-order chi connectivity index (χ0) is 20.8. The largest absolute Gasteiger partial charge is 0.493 e. The lowest BCUT2D eigenvalue weighted by atomic mass is 10.2. The molecule has 150 valence electrons. The summed E-state index contributed by atoms with van der Waals surface area (Å²) in [7, 11) is 1.55. The number of methoxy groups -OCH3 is 1. The van der Waals surface area contributed by atoms with E-state index in [1.165, 1.54) is 0 Å². The van der Waals surface area contributed by atoms with Crippen molar-refractivity contribution in [3.05, 3.63) is 76.6 Å². The predicted octanol–water partition coefficient (Wildman–Crippen LogP) is 4.29. The summed E-state index contributed by atoms with van der Waals surface area (Å²) >= 11 is 6.11. The van der Waals surface area contributed by atoms with E-state index in [0.717, 1.165) is 22.6 Å². The first-order valence-electron chi connectivity index (χ1n) is 9.02. The molecule has 0 saturated heterocycles. The molecule has 1 amide bonds. The molecule has 1 N–H and O–H groups in total. The van der Waals surface area contributed by atoms with Crippen LogP contribution in [0.25, 0.3) is 5.69 Å². The maximum absolute atomic E-state index is 12.0. The maximum atomic E-state index is 12.0. The van der Waals surface area contributed by atoms with Crippen LogP contribution in [0.4, 0.5) is 0 Å². The number of hydrogen-bond donors (Lipinski definition) is 1. The van der Waals surface area contributed by atoms with E-state index in [1.807, 2.05) is 56.3 Å². The summed E-state index contributed by atoms with van der Waals surface area (Å²) in [6.45, 7) is 3.83. The van der Waals surface area contributed by atoms with Gasteiger partial charge in [0.05, 0.1) is 13.3 Å². The Labute approximate surface area is 174 Å². The minimum Gasteiger partial charge on any atom is -0.493 e. The highest BCUT2D eigenvalue weighted by Crippen LogP contribution is 2.25. The Bertz CT molecular complexity index is 1040. The van der Waals surface area contributed by atoms with Gasteiger partial charge >= 0.3 is 0 Å². The molecule has 3 aromatic rings. The van der Waals surface area contributed by atoms with Gasteiger partial charge in [-0.3, -0.25) is 4.79 Å². The van der Waals surface area contributed by atoms with Crippen molar-refractivity contribution in [3.8, 4) is 17.2 Å². The second-order valence-electron chi connectivity index (χ2n) is 6.37. The molecule has 29 heavy (non-hydrogen) atoms. The van der Waals surface area contributed by atoms with Gasteiger partial charge in [0.15, 0.2) is 18.1 Å². The molecule has 0 aliphatic carbocycles. The highest BCUT2D eigenvalue weighted by molar-refractivity contribution is 6.30. The fourth-order valence-electron chi connectivity index (χ4n) is 3.02. The molecular weight excluding hydrogens is 390 g/mol. The van der Waals surface area contributed by atoms with Crippen molar-refractivity contribution in [1.29, 1.82) is 0 Å². The summed E-state index contributed by atoms with van der Waals surface area (Å²) in [5.41, 5.74) is 6.38. The number of benzene rings is 2. The Hall–Kier alpha value is -3.25. The number of amides is 1. The van der Waals surface area contributed by atoms with Crippen LogP contribution >= 0.6 is 11.6 Å². The first-order chi connectivity index (χ1) is 14.0. The first kappa shape index (κ1) is 20.5. The van der Waals surface area contributed by atoms with Crippen molar-refractivity contribution in [2.75, 3.05) is 13.7 Å². The molecule has 0 radical (unpaired) electrons. The molecule has 0 spiro atoms. The molecule has 3 rings (SSSR count). The van der Waals surface area contributed by atoms with Crippen LogP contribution in [0.5, 0.6) is 11.5 Å². The number of rotatable bonds is 7. The lowest BCUT2D eigenvalue weighted by Crippen LogP contribution is -2.24. The number of para-hydroxylation sites is 2. The lowest BCUT2D eigenvalue weighted by molar-refractivity contribution is -0.123. The molecule has 0 bridgehead atoms. The van der Waals surface area contributed by atoms with Gasteiger partial charge in [-0.15, -0.1) is 0 Å². The second kappa shape index (κ2) is 9.30. The number of aromatic nitrogens is 1. The van der Waals surface area contributed by atoms with Crippen molar-refractivity contribution in [2.45, 2.75) is 13.8 Å². The van der Waals surface area contributed by atoms with Crippen LogP contribution < -0.4 is 14.9 Å². The third-order valence-corrected chi connectivity index (χ3v) is 4.59. The van der Waals surface area contributed by atoms with E-state index in [9.17, 15) is 4.79 Å². The average Bonchev–Trinajstić information content (AvgIpc) is 2.99. The minimum atomic E-state index is -0.365. The first-order valence-corrected chi connectivity index (χ1v) is 9.40. The smallest absolute Gasteiger partial charge is 0.277 e. The van der Waals surface area contributed by atoms with E-state index in [1.54, 1.807) is 25.5 Å². The van der Waals surface area contributed by atoms with Crippen LogP contribution in [0, 0.1) is 13.8 Å². The van der Waals surface area contributed by atoms with Crippen LogP contribution in [-0.2, 0) is 4.79 Å². The quantitative estimate of drug-likeness (QED) is 0.466. The number of halogens is 1. The molecule has 1 aromatic heterocycles. The van der Waals surface area contributed by atoms with E-state index in [4.69, 9.17) is 21.1 Å². The van der Waals surface area contributed by atoms with Gasteiger partial charge in [0.2, 0.25) is 0 Å². The lowest BCUT2D eigenvalue weighted by Gasteiger charge is -2.10. The SMILES string of the molecule is COc1ccccc1OCC(=O)N/N=C\c1cc(C)n(-c2cccc(Cl)c2)c1C. The minimum absolute atomic E-state index is 0.167. The van der Waals surface area contributed by atoms with Gasteiger partial charge in [0.25, 0.3) is 5.91 Å². The van der Waals surface area contributed by atoms with Gasteiger partial charge in [-0.05, 0) is 50.2 Å². The van der Waals surface area contributed by atoms with Gasteiger partial charge in [-0.2, -0.15) is 5.10 Å². The molecule has 0 saturated carbocycles. The number of aryl methyl sites for hydroxylation is 1. The van der Waals surface area contributed by atoms with Gasteiger partial charge < -0.3 is 14.0 Å². The van der Waals surface area contributed by atoms with Crippen LogP contribution in [0.2, 0.25) is 5.02 Å². The maximum Gasteiger partial charge on any atom is 0.277 e. The third kappa shape index (κ3) is 4.97. The second-order valence-corrected chi connectivity index (χ2v) is 6.81. The normalized spacial score (nSPS) is 10.9. The molecular formula is C22H22ClN3O3. The molecule has 0 unspecified atom stereocenters. The van der Waals surface area contributed by atoms with Gasteiger partial charge in [0.1, 0.15) is 0 Å². The van der Waals surface area contributed by atoms with Crippen LogP contribution in [0.15, 0.2) is 59.7 Å². The molecule has 1 heterocycles. The van der Waals surface area contributed by atoms with E-state index in [-0.39, 0.29) is 12.5 Å². The van der Waals surface area contributed by atoms with Crippen molar-refractivity contribution in [1.82, 2.24) is 9.99 Å². The molecule has 6 nitrogen and oxygen atoms in total. The van der Waals surface area contributed by atoms with Crippen molar-refractivity contribution in [2.24, 2.45) is 5.10 Å². The van der Waals surface area contributed by atoms with E-state index < -0.39 is 0 Å². The number of ether oxygens (including phenoxy) is 2. The number of carbonyl (C=O) groups is 1. The van der Waals surface area contributed by atoms with Crippen molar-refractivity contribution in [3.63, 3.8) is 0 Å². The Kier molecular flexibility index (Phi) is 6.57. The van der Waals surface area contributed by atoms with E-state index in [0.29, 0.717) is 16.5 Å². The molecule has 0 aliphatic heterocycles. The number of carbonyl (C=O) groups excluding carboxylic acids is 1. The van der Waals surface area contributed by atoms with Crippen LogP contribution in [0.1, 0.15) is 17.0 Å². The fraction of sp³-hybridized carbons (Fsp3) is 0.182. The predicted molar refractivity (Wildman–Crippen MR) is 114 cm³/mol. The van der Waals surface area contributed by atoms with E-state index in [2.05, 4.69) is 15.1 Å². The zero-order valence-electron chi connectivity index (χ0n) is 16.5. The summed E-state index contributed by atoms with van der Waals surface area (Å²) < 4.78 is 12.8. The summed E-state index contributed by atoms with van der Waals surface area (Å²) in [6.07, 6.45) is 1.62. The number of nitrogens with one attached hydrogen (secondary N) is 1. The third-order valence-electron chi connectivity index (χ3n) is 4.36. The average molecular weight is 412 g/mol. The molecule has 7 heteroatoms. The Morgan fingerprint density at radius 3 is 2.62 bits per heavy atom. The standard InChI is InChI=1S/C22H22ClN3O3/c1-15-11-17(16(2)26(15)19-8-6-7-18(23)12-19)13-24-25-22(27)14-29-21-10-5-4-9-20(21)28-3/h4-13H,14H2,1-3H3,(H,25,27)/b24-13-. The van der Waals surface area contributed by atoms with Gasteiger partial charge in [-0.1, -0.05) is 29.8 Å². The van der Waals surface area contributed by atoms with E-state index >= 15 is 0 Å². The van der Waals surface area contributed by atoms with Crippen LogP contribution in [0.3, 0.4) is 0 Å². The highest BCUT2D eigenvalue weighted by atomic mass is 35.5. The molecule has 2 aromatic carbocycles. The highest BCUT2D eigenvalue weighted by Gasteiger charge is 2.10. The van der Waals surface area contributed by atoms with Gasteiger partial charge in [0, 0.05) is 27.7 Å². The van der Waals surface area contributed by atoms with Crippen molar-refractivity contribution < 1.29 is 14.3 Å². The Morgan fingerprint density at radius 1 is 1.14 bits per heavy atom. The number of hydrazone groups is 1. The molecule has 0 aliphatic rings. The summed E-state index contributed by atoms with van der Waals surface area (Å²) in [5, 5.41) is 4.72. The number of nitrogens with zero attached hydrogens (tertiary/aromatic N) is 2. The number of hydrogen-bond acceptors (Lipinski definition) is 4. The molecule has 0 fully saturated rings. The topological polar surface area (TPSA) is 64.8 Å². The summed E-state index contributed by atoms with van der Waals surface area (Å²) in [5.74, 6) is 0.701. The Morgan fingerprint density at radius 2 is 1.90 bits per heavy atom.